The summed E-state index contributed by atoms with van der Waals surface area (Å²) >= 11 is 11.8. The Morgan fingerprint density at radius 1 is 1.20 bits per heavy atom. The zero-order valence-electron chi connectivity index (χ0n) is 10.5. The van der Waals surface area contributed by atoms with E-state index < -0.39 is 0 Å². The Morgan fingerprint density at radius 2 is 1.90 bits per heavy atom. The van der Waals surface area contributed by atoms with Crippen LogP contribution in [0.2, 0.25) is 0 Å². The van der Waals surface area contributed by atoms with Crippen molar-refractivity contribution < 1.29 is 4.79 Å². The minimum absolute atomic E-state index is 0.0436. The van der Waals surface area contributed by atoms with Crippen LogP contribution in [-0.4, -0.2) is 22.7 Å². The van der Waals surface area contributed by atoms with Gasteiger partial charge in [0.15, 0.2) is 0 Å². The maximum Gasteiger partial charge on any atom is 0.256 e. The Bertz CT molecular complexity index is 585. The molecule has 0 spiro atoms. The fraction of sp³-hybridized carbons (Fsp3) is 0.214. The van der Waals surface area contributed by atoms with E-state index in [1.807, 2.05) is 41.3 Å². The standard InChI is InChI=1S/C14H12Br3NOS/c15-6-7-18(9-10-4-2-1-3-5-10)14(19)11-8-12(16)20-13(11)17/h1-5,8H,6-7,9H2. The summed E-state index contributed by atoms with van der Waals surface area (Å²) in [5, 5.41) is 0.758. The number of alkyl halides is 1. The van der Waals surface area contributed by atoms with E-state index in [4.69, 9.17) is 0 Å². The Kier molecular flexibility index (Phi) is 6.26. The first kappa shape index (κ1) is 16.2. The van der Waals surface area contributed by atoms with Crippen molar-refractivity contribution in [2.45, 2.75) is 6.54 Å². The number of hydrogen-bond donors (Lipinski definition) is 0. The molecular weight excluding hydrogens is 470 g/mol. The number of nitrogens with zero attached hydrogens (tertiary/aromatic N) is 1. The van der Waals surface area contributed by atoms with Gasteiger partial charge in [-0.2, -0.15) is 0 Å². The van der Waals surface area contributed by atoms with Crippen molar-refractivity contribution >= 4 is 65.0 Å². The minimum atomic E-state index is 0.0436. The number of carbonyl (C=O) groups is 1. The molecule has 0 saturated heterocycles. The van der Waals surface area contributed by atoms with E-state index in [9.17, 15) is 4.79 Å². The molecule has 106 valence electrons. The van der Waals surface area contributed by atoms with E-state index in [1.54, 1.807) is 0 Å². The topological polar surface area (TPSA) is 20.3 Å². The largest absolute Gasteiger partial charge is 0.333 e. The molecule has 1 aromatic carbocycles. The van der Waals surface area contributed by atoms with Crippen LogP contribution >= 0.6 is 59.1 Å². The van der Waals surface area contributed by atoms with Gasteiger partial charge >= 0.3 is 0 Å². The Morgan fingerprint density at radius 3 is 2.45 bits per heavy atom. The van der Waals surface area contributed by atoms with E-state index in [0.29, 0.717) is 18.7 Å². The smallest absolute Gasteiger partial charge is 0.256 e. The van der Waals surface area contributed by atoms with Crippen molar-refractivity contribution in [1.29, 1.82) is 0 Å². The van der Waals surface area contributed by atoms with Gasteiger partial charge in [-0.15, -0.1) is 11.3 Å². The Balaban J connectivity index is 2.20. The maximum atomic E-state index is 12.6. The van der Waals surface area contributed by atoms with Gasteiger partial charge in [-0.05, 0) is 43.5 Å². The summed E-state index contributed by atoms with van der Waals surface area (Å²) < 4.78 is 1.81. The number of halogens is 3. The fourth-order valence-corrected chi connectivity index (χ4v) is 5.02. The zero-order valence-corrected chi connectivity index (χ0v) is 16.1. The number of benzene rings is 1. The molecule has 0 aliphatic rings. The van der Waals surface area contributed by atoms with Gasteiger partial charge < -0.3 is 4.90 Å². The molecule has 0 N–H and O–H groups in total. The lowest BCUT2D eigenvalue weighted by Gasteiger charge is -2.21. The average Bonchev–Trinajstić information content (AvgIpc) is 2.77. The molecule has 6 heteroatoms. The van der Waals surface area contributed by atoms with E-state index in [2.05, 4.69) is 47.8 Å². The van der Waals surface area contributed by atoms with Crippen LogP contribution in [-0.2, 0) is 6.54 Å². The van der Waals surface area contributed by atoms with Crippen LogP contribution < -0.4 is 0 Å². The number of amides is 1. The molecule has 0 aliphatic carbocycles. The molecule has 1 aromatic heterocycles. The summed E-state index contributed by atoms with van der Waals surface area (Å²) in [7, 11) is 0. The summed E-state index contributed by atoms with van der Waals surface area (Å²) in [6, 6.07) is 11.9. The lowest BCUT2D eigenvalue weighted by Crippen LogP contribution is -2.32. The second-order valence-corrected chi connectivity index (χ2v) is 8.68. The number of thiophene rings is 1. The van der Waals surface area contributed by atoms with Gasteiger partial charge in [-0.3, -0.25) is 4.79 Å². The van der Waals surface area contributed by atoms with E-state index in [1.165, 1.54) is 11.3 Å². The number of rotatable bonds is 5. The lowest BCUT2D eigenvalue weighted by atomic mass is 10.2. The highest BCUT2D eigenvalue weighted by molar-refractivity contribution is 9.12. The molecule has 0 saturated carbocycles. The third-order valence-corrected chi connectivity index (χ3v) is 5.44. The van der Waals surface area contributed by atoms with Crippen molar-refractivity contribution in [3.8, 4) is 0 Å². The molecule has 0 bridgehead atoms. The predicted molar refractivity (Wildman–Crippen MR) is 94.7 cm³/mol. The molecule has 2 nitrogen and oxygen atoms in total. The van der Waals surface area contributed by atoms with Crippen molar-refractivity contribution in [3.05, 3.63) is 55.1 Å². The molecule has 0 aliphatic heterocycles. The van der Waals surface area contributed by atoms with Crippen LogP contribution in [0.1, 0.15) is 15.9 Å². The molecule has 2 rings (SSSR count). The highest BCUT2D eigenvalue weighted by atomic mass is 79.9. The minimum Gasteiger partial charge on any atom is -0.333 e. The lowest BCUT2D eigenvalue weighted by molar-refractivity contribution is 0.0754. The third kappa shape index (κ3) is 4.16. The summed E-state index contributed by atoms with van der Waals surface area (Å²) in [5.41, 5.74) is 1.84. The van der Waals surface area contributed by atoms with Gasteiger partial charge in [-0.25, -0.2) is 0 Å². The quantitative estimate of drug-likeness (QED) is 0.530. The van der Waals surface area contributed by atoms with E-state index in [-0.39, 0.29) is 5.91 Å². The van der Waals surface area contributed by atoms with Crippen molar-refractivity contribution in [2.75, 3.05) is 11.9 Å². The van der Waals surface area contributed by atoms with Crippen molar-refractivity contribution in [1.82, 2.24) is 4.90 Å². The summed E-state index contributed by atoms with van der Waals surface area (Å²) in [6.45, 7) is 1.29. The zero-order chi connectivity index (χ0) is 14.5. The van der Waals surface area contributed by atoms with Crippen LogP contribution in [0, 0.1) is 0 Å². The predicted octanol–water partition coefficient (Wildman–Crippen LogP) is 5.31. The van der Waals surface area contributed by atoms with Gasteiger partial charge in [0, 0.05) is 18.4 Å². The third-order valence-electron chi connectivity index (χ3n) is 2.74. The average molecular weight is 482 g/mol. The summed E-state index contributed by atoms with van der Waals surface area (Å²) in [6.07, 6.45) is 0. The van der Waals surface area contributed by atoms with Gasteiger partial charge in [0.2, 0.25) is 0 Å². The van der Waals surface area contributed by atoms with Crippen LogP contribution in [0.4, 0.5) is 0 Å². The molecule has 0 radical (unpaired) electrons. The summed E-state index contributed by atoms with van der Waals surface area (Å²) in [5.74, 6) is 0.0436. The molecule has 0 atom stereocenters. The van der Waals surface area contributed by atoms with E-state index >= 15 is 0 Å². The molecule has 0 unspecified atom stereocenters. The second kappa shape index (κ2) is 7.73. The van der Waals surface area contributed by atoms with Crippen LogP contribution in [0.15, 0.2) is 44.0 Å². The molecule has 2 aromatic rings. The van der Waals surface area contributed by atoms with Gasteiger partial charge in [-0.1, -0.05) is 46.3 Å². The molecular formula is C14H12Br3NOS. The monoisotopic (exact) mass is 479 g/mol. The first-order chi connectivity index (χ1) is 9.61. The van der Waals surface area contributed by atoms with E-state index in [0.717, 1.165) is 18.5 Å². The highest BCUT2D eigenvalue weighted by Crippen LogP contribution is 2.32. The Labute approximate surface area is 147 Å². The van der Waals surface area contributed by atoms with Crippen LogP contribution in [0.25, 0.3) is 0 Å². The highest BCUT2D eigenvalue weighted by Gasteiger charge is 2.20. The van der Waals surface area contributed by atoms with Crippen LogP contribution in [0.3, 0.4) is 0 Å². The normalized spacial score (nSPS) is 10.6. The first-order valence-electron chi connectivity index (χ1n) is 5.96. The van der Waals surface area contributed by atoms with Gasteiger partial charge in [0.1, 0.15) is 0 Å². The molecule has 1 amide bonds. The van der Waals surface area contributed by atoms with Crippen molar-refractivity contribution in [2.24, 2.45) is 0 Å². The van der Waals surface area contributed by atoms with Gasteiger partial charge in [0.25, 0.3) is 5.91 Å². The molecule has 20 heavy (non-hydrogen) atoms. The molecule has 1 heterocycles. The Hall–Kier alpha value is -0.170. The van der Waals surface area contributed by atoms with Gasteiger partial charge in [0.05, 0.1) is 13.1 Å². The fourth-order valence-electron chi connectivity index (χ4n) is 1.81. The second-order valence-electron chi connectivity index (χ2n) is 4.14. The van der Waals surface area contributed by atoms with Crippen LogP contribution in [0.5, 0.6) is 0 Å². The first-order valence-corrected chi connectivity index (χ1v) is 9.48. The molecule has 0 fully saturated rings. The number of hydrogen-bond acceptors (Lipinski definition) is 2. The summed E-state index contributed by atoms with van der Waals surface area (Å²) in [4.78, 5) is 14.5. The number of carbonyl (C=O) groups excluding carboxylic acids is 1. The SMILES string of the molecule is O=C(c1cc(Br)sc1Br)N(CCBr)Cc1ccccc1. The van der Waals surface area contributed by atoms with Crippen molar-refractivity contribution in [3.63, 3.8) is 0 Å². The maximum absolute atomic E-state index is 12.6.